The van der Waals surface area contributed by atoms with E-state index in [2.05, 4.69) is 43.9 Å². The van der Waals surface area contributed by atoms with E-state index in [1.54, 1.807) is 7.11 Å². The van der Waals surface area contributed by atoms with E-state index in [4.69, 9.17) is 4.74 Å². The molecule has 2 rings (SSSR count). The molecule has 0 unspecified atom stereocenters. The van der Waals surface area contributed by atoms with Gasteiger partial charge in [-0.05, 0) is 35.1 Å². The lowest BCUT2D eigenvalue weighted by atomic mass is 9.93. The third kappa shape index (κ3) is 3.22. The second-order valence-electron chi connectivity index (χ2n) is 6.16. The van der Waals surface area contributed by atoms with Gasteiger partial charge in [0.1, 0.15) is 5.75 Å². The van der Waals surface area contributed by atoms with Crippen LogP contribution in [0.15, 0.2) is 18.2 Å². The predicted octanol–water partition coefficient (Wildman–Crippen LogP) is 3.10. The highest BCUT2D eigenvalue weighted by molar-refractivity contribution is 5.37. The first-order valence-electron chi connectivity index (χ1n) is 6.36. The zero-order chi connectivity index (χ0) is 12.5. The van der Waals surface area contributed by atoms with Crippen molar-refractivity contribution in [3.05, 3.63) is 29.3 Å². The van der Waals surface area contributed by atoms with Gasteiger partial charge in [0.05, 0.1) is 7.11 Å². The highest BCUT2D eigenvalue weighted by Gasteiger charge is 2.21. The number of fused-ring (bicyclic) bond motifs is 1. The van der Waals surface area contributed by atoms with Crippen molar-refractivity contribution in [2.45, 2.75) is 33.7 Å². The van der Waals surface area contributed by atoms with Crippen molar-refractivity contribution >= 4 is 0 Å². The normalized spacial score (nSPS) is 16.7. The Kier molecular flexibility index (Phi) is 3.43. The summed E-state index contributed by atoms with van der Waals surface area (Å²) in [6.45, 7) is 10.3. The Hall–Kier alpha value is -1.02. The van der Waals surface area contributed by atoms with Crippen LogP contribution >= 0.6 is 0 Å². The molecule has 0 aliphatic carbocycles. The van der Waals surface area contributed by atoms with E-state index in [9.17, 15) is 0 Å². The van der Waals surface area contributed by atoms with Crippen LogP contribution in [0.2, 0.25) is 0 Å². The minimum atomic E-state index is 0.379. The Morgan fingerprint density at radius 1 is 1.24 bits per heavy atom. The van der Waals surface area contributed by atoms with Gasteiger partial charge in [0.2, 0.25) is 0 Å². The molecule has 1 heterocycles. The first-order valence-corrected chi connectivity index (χ1v) is 6.36. The summed E-state index contributed by atoms with van der Waals surface area (Å²) in [5.74, 6) is 0.980. The van der Waals surface area contributed by atoms with Crippen molar-refractivity contribution in [3.63, 3.8) is 0 Å². The quantitative estimate of drug-likeness (QED) is 0.778. The molecule has 1 aromatic rings. The molecule has 0 fully saturated rings. The molecule has 17 heavy (non-hydrogen) atoms. The van der Waals surface area contributed by atoms with E-state index in [0.717, 1.165) is 25.3 Å². The molecule has 2 heteroatoms. The minimum absolute atomic E-state index is 0.379. The fourth-order valence-corrected chi connectivity index (χ4v) is 2.52. The summed E-state index contributed by atoms with van der Waals surface area (Å²) in [6.07, 6.45) is 1.14. The van der Waals surface area contributed by atoms with Gasteiger partial charge in [-0.2, -0.15) is 0 Å². The first-order chi connectivity index (χ1) is 7.98. The SMILES string of the molecule is COc1ccc2c(c1)CCN(CC(C)(C)C)C2. The Labute approximate surface area is 105 Å². The smallest absolute Gasteiger partial charge is 0.119 e. The molecular formula is C15H23NO. The highest BCUT2D eigenvalue weighted by atomic mass is 16.5. The van der Waals surface area contributed by atoms with Crippen LogP contribution in [0.3, 0.4) is 0 Å². The lowest BCUT2D eigenvalue weighted by molar-refractivity contribution is 0.177. The maximum Gasteiger partial charge on any atom is 0.119 e. The third-order valence-electron chi connectivity index (χ3n) is 3.20. The molecule has 0 spiro atoms. The molecule has 1 aliphatic heterocycles. The number of ether oxygens (including phenoxy) is 1. The van der Waals surface area contributed by atoms with Crippen molar-refractivity contribution in [1.82, 2.24) is 4.90 Å². The van der Waals surface area contributed by atoms with Crippen molar-refractivity contribution in [1.29, 1.82) is 0 Å². The molecule has 0 N–H and O–H groups in total. The molecule has 0 bridgehead atoms. The largest absolute Gasteiger partial charge is 0.497 e. The lowest BCUT2D eigenvalue weighted by Gasteiger charge is -2.33. The Balaban J connectivity index is 2.09. The second kappa shape index (κ2) is 4.69. The van der Waals surface area contributed by atoms with Gasteiger partial charge in [-0.3, -0.25) is 4.90 Å². The average molecular weight is 233 g/mol. The molecule has 0 saturated carbocycles. The topological polar surface area (TPSA) is 12.5 Å². The van der Waals surface area contributed by atoms with Crippen LogP contribution in [-0.4, -0.2) is 25.1 Å². The standard InChI is InChI=1S/C15H23NO/c1-15(2,3)11-16-8-7-12-9-14(17-4)6-5-13(12)10-16/h5-6,9H,7-8,10-11H2,1-4H3. The van der Waals surface area contributed by atoms with Gasteiger partial charge >= 0.3 is 0 Å². The van der Waals surface area contributed by atoms with Crippen molar-refractivity contribution in [3.8, 4) is 5.75 Å². The number of hydrogen-bond acceptors (Lipinski definition) is 2. The number of hydrogen-bond donors (Lipinski definition) is 0. The Morgan fingerprint density at radius 2 is 2.00 bits per heavy atom. The van der Waals surface area contributed by atoms with Crippen LogP contribution in [0.25, 0.3) is 0 Å². The van der Waals surface area contributed by atoms with Crippen LogP contribution in [-0.2, 0) is 13.0 Å². The van der Waals surface area contributed by atoms with Crippen molar-refractivity contribution in [2.24, 2.45) is 5.41 Å². The van der Waals surface area contributed by atoms with E-state index in [-0.39, 0.29) is 0 Å². The molecule has 94 valence electrons. The minimum Gasteiger partial charge on any atom is -0.497 e. The first kappa shape index (κ1) is 12.4. The Morgan fingerprint density at radius 3 is 2.65 bits per heavy atom. The number of nitrogens with zero attached hydrogens (tertiary/aromatic N) is 1. The molecule has 0 saturated heterocycles. The van der Waals surface area contributed by atoms with Crippen LogP contribution in [0, 0.1) is 5.41 Å². The zero-order valence-electron chi connectivity index (χ0n) is 11.4. The summed E-state index contributed by atoms with van der Waals surface area (Å²) in [5.41, 5.74) is 3.29. The van der Waals surface area contributed by atoms with E-state index in [1.165, 1.54) is 17.7 Å². The number of rotatable bonds is 2. The maximum absolute atomic E-state index is 5.27. The summed E-state index contributed by atoms with van der Waals surface area (Å²) in [6, 6.07) is 6.46. The third-order valence-corrected chi connectivity index (χ3v) is 3.20. The van der Waals surface area contributed by atoms with Crippen molar-refractivity contribution in [2.75, 3.05) is 20.2 Å². The van der Waals surface area contributed by atoms with E-state index in [0.29, 0.717) is 5.41 Å². The van der Waals surface area contributed by atoms with Crippen LogP contribution < -0.4 is 4.74 Å². The van der Waals surface area contributed by atoms with Crippen molar-refractivity contribution < 1.29 is 4.74 Å². The molecule has 0 aromatic heterocycles. The molecule has 0 atom stereocenters. The molecular weight excluding hydrogens is 210 g/mol. The second-order valence-corrected chi connectivity index (χ2v) is 6.16. The Bertz CT molecular complexity index is 392. The molecule has 1 aromatic carbocycles. The van der Waals surface area contributed by atoms with Gasteiger partial charge in [0.15, 0.2) is 0 Å². The zero-order valence-corrected chi connectivity index (χ0v) is 11.4. The fourth-order valence-electron chi connectivity index (χ4n) is 2.52. The van der Waals surface area contributed by atoms with Gasteiger partial charge in [-0.15, -0.1) is 0 Å². The summed E-state index contributed by atoms with van der Waals surface area (Å²) in [7, 11) is 1.73. The van der Waals surface area contributed by atoms with Gasteiger partial charge < -0.3 is 4.74 Å². The molecule has 1 aliphatic rings. The molecule has 2 nitrogen and oxygen atoms in total. The molecule has 0 amide bonds. The summed E-state index contributed by atoms with van der Waals surface area (Å²) in [4.78, 5) is 2.55. The van der Waals surface area contributed by atoms with Gasteiger partial charge in [0, 0.05) is 19.6 Å². The maximum atomic E-state index is 5.27. The number of benzene rings is 1. The van der Waals surface area contributed by atoms with Crippen LogP contribution in [0.1, 0.15) is 31.9 Å². The van der Waals surface area contributed by atoms with Gasteiger partial charge in [-0.25, -0.2) is 0 Å². The highest BCUT2D eigenvalue weighted by Crippen LogP contribution is 2.25. The van der Waals surface area contributed by atoms with Gasteiger partial charge in [-0.1, -0.05) is 26.8 Å². The summed E-state index contributed by atoms with van der Waals surface area (Å²) >= 11 is 0. The van der Waals surface area contributed by atoms with E-state index < -0.39 is 0 Å². The van der Waals surface area contributed by atoms with Gasteiger partial charge in [0.25, 0.3) is 0 Å². The number of methoxy groups -OCH3 is 1. The summed E-state index contributed by atoms with van der Waals surface area (Å²) < 4.78 is 5.27. The van der Waals surface area contributed by atoms with E-state index >= 15 is 0 Å². The average Bonchev–Trinajstić information content (AvgIpc) is 2.26. The predicted molar refractivity (Wildman–Crippen MR) is 71.4 cm³/mol. The lowest BCUT2D eigenvalue weighted by Crippen LogP contribution is -2.36. The van der Waals surface area contributed by atoms with Crippen LogP contribution in [0.4, 0.5) is 0 Å². The fraction of sp³-hybridized carbons (Fsp3) is 0.600. The monoisotopic (exact) mass is 233 g/mol. The van der Waals surface area contributed by atoms with E-state index in [1.807, 2.05) is 0 Å². The van der Waals surface area contributed by atoms with Crippen LogP contribution in [0.5, 0.6) is 5.75 Å². The summed E-state index contributed by atoms with van der Waals surface area (Å²) in [5, 5.41) is 0. The molecule has 0 radical (unpaired) electrons.